The van der Waals surface area contributed by atoms with E-state index >= 15 is 0 Å². The Kier molecular flexibility index (Phi) is 4.97. The van der Waals surface area contributed by atoms with Crippen LogP contribution in [0.15, 0.2) is 77.4 Å². The molecular formula is C22H15Cl2N5O2. The Morgan fingerprint density at radius 2 is 1.87 bits per heavy atom. The maximum absolute atomic E-state index is 12.4. The van der Waals surface area contributed by atoms with Crippen molar-refractivity contribution in [3.63, 3.8) is 0 Å². The number of rotatable bonds is 4. The normalized spacial score (nSPS) is 15.0. The topological polar surface area (TPSA) is 85.0 Å². The van der Waals surface area contributed by atoms with Crippen LogP contribution in [0.25, 0.3) is 5.70 Å². The molecule has 5 rings (SSSR count). The number of carbonyl (C=O) groups is 1. The number of hydrogen-bond acceptors (Lipinski definition) is 5. The van der Waals surface area contributed by atoms with Gasteiger partial charge in [0.15, 0.2) is 5.76 Å². The highest BCUT2D eigenvalue weighted by atomic mass is 35.5. The minimum atomic E-state index is -0.437. The number of nitrogens with zero attached hydrogens (tertiary/aromatic N) is 3. The third-order valence-electron chi connectivity index (χ3n) is 4.82. The number of allylic oxidation sites excluding steroid dienone is 1. The summed E-state index contributed by atoms with van der Waals surface area (Å²) in [6.45, 7) is 0. The monoisotopic (exact) mass is 451 g/mol. The van der Waals surface area contributed by atoms with Gasteiger partial charge in [0.25, 0.3) is 11.9 Å². The smallest absolute Gasteiger partial charge is 0.293 e. The number of carbonyl (C=O) groups excluding carboxylic acids is 1. The van der Waals surface area contributed by atoms with Crippen LogP contribution in [0.1, 0.15) is 27.7 Å². The van der Waals surface area contributed by atoms with Gasteiger partial charge in [0.2, 0.25) is 5.95 Å². The number of benzene rings is 2. The molecule has 0 aliphatic carbocycles. The number of fused-ring (bicyclic) bond motifs is 1. The van der Waals surface area contributed by atoms with Crippen molar-refractivity contribution >= 4 is 46.7 Å². The van der Waals surface area contributed by atoms with Gasteiger partial charge in [-0.05, 0) is 47.5 Å². The molecule has 2 aromatic heterocycles. The molecule has 9 heteroatoms. The summed E-state index contributed by atoms with van der Waals surface area (Å²) in [5.74, 6) is 0.343. The average Bonchev–Trinajstić information content (AvgIpc) is 3.44. The Hall–Kier alpha value is -3.55. The van der Waals surface area contributed by atoms with E-state index in [0.717, 1.165) is 16.8 Å². The molecule has 0 radical (unpaired) electrons. The molecule has 3 heterocycles. The SMILES string of the molecule is O=C(Nc1nc2n(n1)[C@H](c1ccccc1Cl)C=C(c1ccc(Cl)cc1)N2)c1ccco1. The van der Waals surface area contributed by atoms with E-state index in [1.54, 1.807) is 16.8 Å². The molecule has 0 spiro atoms. The second-order valence-corrected chi connectivity index (χ2v) is 7.66. The molecule has 0 unspecified atom stereocenters. The van der Waals surface area contributed by atoms with E-state index < -0.39 is 5.91 Å². The number of hydrogen-bond donors (Lipinski definition) is 2. The Morgan fingerprint density at radius 3 is 2.61 bits per heavy atom. The minimum absolute atomic E-state index is 0.145. The Bertz CT molecular complexity index is 1280. The zero-order valence-corrected chi connectivity index (χ0v) is 17.4. The van der Waals surface area contributed by atoms with Gasteiger partial charge in [-0.25, -0.2) is 4.68 Å². The van der Waals surface area contributed by atoms with Gasteiger partial charge in [-0.3, -0.25) is 10.1 Å². The van der Waals surface area contributed by atoms with Gasteiger partial charge < -0.3 is 9.73 Å². The van der Waals surface area contributed by atoms with Gasteiger partial charge in [-0.1, -0.05) is 53.5 Å². The molecule has 1 amide bonds. The summed E-state index contributed by atoms with van der Waals surface area (Å²) in [6.07, 6.45) is 3.43. The van der Waals surface area contributed by atoms with Crippen LogP contribution in [0.5, 0.6) is 0 Å². The van der Waals surface area contributed by atoms with Crippen molar-refractivity contribution in [1.82, 2.24) is 14.8 Å². The second kappa shape index (κ2) is 7.94. The number of anilines is 2. The van der Waals surface area contributed by atoms with Crippen LogP contribution >= 0.6 is 23.2 Å². The third kappa shape index (κ3) is 3.81. The second-order valence-electron chi connectivity index (χ2n) is 6.81. The summed E-state index contributed by atoms with van der Waals surface area (Å²) in [4.78, 5) is 16.8. The molecule has 1 aliphatic rings. The number of halogens is 2. The average molecular weight is 452 g/mol. The molecule has 4 aromatic rings. The van der Waals surface area contributed by atoms with Crippen LogP contribution in [-0.2, 0) is 0 Å². The van der Waals surface area contributed by atoms with Crippen LogP contribution in [0.4, 0.5) is 11.9 Å². The Balaban J connectivity index is 1.55. The summed E-state index contributed by atoms with van der Waals surface area (Å²) in [6, 6.07) is 17.9. The molecular weight excluding hydrogens is 437 g/mol. The Morgan fingerprint density at radius 1 is 1.06 bits per heavy atom. The molecule has 31 heavy (non-hydrogen) atoms. The van der Waals surface area contributed by atoms with E-state index in [9.17, 15) is 4.79 Å². The lowest BCUT2D eigenvalue weighted by Crippen LogP contribution is -2.20. The first-order chi connectivity index (χ1) is 15.1. The summed E-state index contributed by atoms with van der Waals surface area (Å²) >= 11 is 12.5. The number of nitrogens with one attached hydrogen (secondary N) is 2. The van der Waals surface area contributed by atoms with Crippen molar-refractivity contribution in [3.05, 3.63) is 99.9 Å². The summed E-state index contributed by atoms with van der Waals surface area (Å²) in [5, 5.41) is 11.7. The lowest BCUT2D eigenvalue weighted by Gasteiger charge is -2.24. The predicted molar refractivity (Wildman–Crippen MR) is 119 cm³/mol. The molecule has 2 aromatic carbocycles. The van der Waals surface area contributed by atoms with Crippen LogP contribution in [0, 0.1) is 0 Å². The van der Waals surface area contributed by atoms with E-state index in [4.69, 9.17) is 27.6 Å². The quantitative estimate of drug-likeness (QED) is 0.428. The fraction of sp³-hybridized carbons (Fsp3) is 0.0455. The van der Waals surface area contributed by atoms with E-state index in [2.05, 4.69) is 20.7 Å². The molecule has 1 aliphatic heterocycles. The van der Waals surface area contributed by atoms with E-state index in [1.165, 1.54) is 6.26 Å². The molecule has 7 nitrogen and oxygen atoms in total. The van der Waals surface area contributed by atoms with Crippen molar-refractivity contribution in [3.8, 4) is 0 Å². The van der Waals surface area contributed by atoms with Gasteiger partial charge in [0.05, 0.1) is 6.26 Å². The zero-order chi connectivity index (χ0) is 21.4. The molecule has 1 atom stereocenters. The van der Waals surface area contributed by atoms with Gasteiger partial charge in [-0.15, -0.1) is 5.10 Å². The third-order valence-corrected chi connectivity index (χ3v) is 5.41. The standard InChI is InChI=1S/C22H15Cl2N5O2/c23-14-9-7-13(8-10-14)17-12-18(15-4-1-2-5-16(15)24)29-22(25-17)27-21(28-29)26-20(30)19-6-3-11-31-19/h1-12,18H,(H2,25,26,27,28,30)/t18-/m0/s1. The first kappa shape index (κ1) is 19.4. The van der Waals surface area contributed by atoms with Crippen LogP contribution < -0.4 is 10.6 Å². The molecule has 0 fully saturated rings. The summed E-state index contributed by atoms with van der Waals surface area (Å²) in [7, 11) is 0. The zero-order valence-electron chi connectivity index (χ0n) is 15.9. The van der Waals surface area contributed by atoms with Gasteiger partial charge in [0.1, 0.15) is 6.04 Å². The van der Waals surface area contributed by atoms with Gasteiger partial charge >= 0.3 is 0 Å². The lowest BCUT2D eigenvalue weighted by atomic mass is 10.0. The lowest BCUT2D eigenvalue weighted by molar-refractivity contribution is 0.0996. The number of furan rings is 1. The van der Waals surface area contributed by atoms with Crippen molar-refractivity contribution in [2.75, 3.05) is 10.6 Å². The van der Waals surface area contributed by atoms with Crippen molar-refractivity contribution in [2.24, 2.45) is 0 Å². The molecule has 2 N–H and O–H groups in total. The maximum atomic E-state index is 12.4. The van der Waals surface area contributed by atoms with E-state index in [1.807, 2.05) is 54.6 Å². The van der Waals surface area contributed by atoms with Crippen LogP contribution in [-0.4, -0.2) is 20.7 Å². The van der Waals surface area contributed by atoms with Crippen LogP contribution in [0.2, 0.25) is 10.0 Å². The Labute approximate surface area is 187 Å². The fourth-order valence-electron chi connectivity index (χ4n) is 3.35. The summed E-state index contributed by atoms with van der Waals surface area (Å²) in [5.41, 5.74) is 2.61. The van der Waals surface area contributed by atoms with E-state index in [-0.39, 0.29) is 17.8 Å². The first-order valence-electron chi connectivity index (χ1n) is 9.39. The summed E-state index contributed by atoms with van der Waals surface area (Å²) < 4.78 is 6.81. The van der Waals surface area contributed by atoms with Crippen LogP contribution in [0.3, 0.4) is 0 Å². The molecule has 0 bridgehead atoms. The fourth-order valence-corrected chi connectivity index (χ4v) is 3.72. The highest BCUT2D eigenvalue weighted by molar-refractivity contribution is 6.31. The van der Waals surface area contributed by atoms with E-state index in [0.29, 0.717) is 16.0 Å². The molecule has 0 saturated heterocycles. The predicted octanol–water partition coefficient (Wildman–Crippen LogP) is 5.49. The molecule has 0 saturated carbocycles. The minimum Gasteiger partial charge on any atom is -0.459 e. The van der Waals surface area contributed by atoms with Crippen molar-refractivity contribution < 1.29 is 9.21 Å². The number of aromatic nitrogens is 3. The van der Waals surface area contributed by atoms with Gasteiger partial charge in [-0.2, -0.15) is 4.98 Å². The van der Waals surface area contributed by atoms with Crippen molar-refractivity contribution in [2.45, 2.75) is 6.04 Å². The van der Waals surface area contributed by atoms with Crippen molar-refractivity contribution in [1.29, 1.82) is 0 Å². The first-order valence-corrected chi connectivity index (χ1v) is 10.1. The molecule has 154 valence electrons. The highest BCUT2D eigenvalue weighted by Crippen LogP contribution is 2.36. The largest absolute Gasteiger partial charge is 0.459 e. The van der Waals surface area contributed by atoms with Gasteiger partial charge in [0, 0.05) is 15.7 Å². The highest BCUT2D eigenvalue weighted by Gasteiger charge is 2.27. The number of amides is 1. The maximum Gasteiger partial charge on any atom is 0.293 e.